The van der Waals surface area contributed by atoms with Crippen LogP contribution in [0.4, 0.5) is 17.1 Å². The summed E-state index contributed by atoms with van der Waals surface area (Å²) in [6.07, 6.45) is 0. The Kier molecular flexibility index (Phi) is 5.52. The number of anilines is 3. The van der Waals surface area contributed by atoms with Crippen molar-refractivity contribution in [2.45, 2.75) is 38.5 Å². The Bertz CT molecular complexity index is 2830. The first-order valence-corrected chi connectivity index (χ1v) is 17.9. The summed E-state index contributed by atoms with van der Waals surface area (Å²) in [4.78, 5) is 2.40. The average molecular weight is 658 g/mol. The molecular formula is C48H35NO2. The van der Waals surface area contributed by atoms with Gasteiger partial charge in [0.15, 0.2) is 5.58 Å². The van der Waals surface area contributed by atoms with Gasteiger partial charge in [0.2, 0.25) is 0 Å². The number of furan rings is 2. The third-order valence-corrected chi connectivity index (χ3v) is 11.9. The van der Waals surface area contributed by atoms with Crippen LogP contribution < -0.4 is 4.90 Å². The van der Waals surface area contributed by atoms with E-state index in [1.807, 2.05) is 12.1 Å². The summed E-state index contributed by atoms with van der Waals surface area (Å²) >= 11 is 0. The van der Waals surface area contributed by atoms with Crippen LogP contribution in [0, 0.1) is 0 Å². The van der Waals surface area contributed by atoms with E-state index < -0.39 is 0 Å². The fourth-order valence-electron chi connectivity index (χ4n) is 9.34. The van der Waals surface area contributed by atoms with Gasteiger partial charge < -0.3 is 13.7 Å². The van der Waals surface area contributed by atoms with E-state index in [0.717, 1.165) is 60.9 Å². The van der Waals surface area contributed by atoms with Crippen molar-refractivity contribution in [3.8, 4) is 22.3 Å². The molecule has 2 heterocycles. The molecule has 11 rings (SSSR count). The Balaban J connectivity index is 1.24. The molecule has 7 aromatic carbocycles. The predicted octanol–water partition coefficient (Wildman–Crippen LogP) is 13.6. The van der Waals surface area contributed by atoms with Gasteiger partial charge in [0.1, 0.15) is 16.7 Å². The van der Waals surface area contributed by atoms with Crippen LogP contribution in [-0.2, 0) is 10.8 Å². The quantitative estimate of drug-likeness (QED) is 0.189. The van der Waals surface area contributed by atoms with Crippen molar-refractivity contribution >= 4 is 60.9 Å². The van der Waals surface area contributed by atoms with Crippen LogP contribution in [0.3, 0.4) is 0 Å². The van der Waals surface area contributed by atoms with E-state index in [4.69, 9.17) is 8.83 Å². The second kappa shape index (κ2) is 9.80. The molecule has 2 aromatic heterocycles. The second-order valence-corrected chi connectivity index (χ2v) is 15.3. The lowest BCUT2D eigenvalue weighted by Crippen LogP contribution is -2.18. The zero-order valence-corrected chi connectivity index (χ0v) is 29.0. The molecule has 2 aliphatic rings. The molecule has 0 fully saturated rings. The zero-order chi connectivity index (χ0) is 34.2. The maximum absolute atomic E-state index is 6.92. The molecule has 0 atom stereocenters. The molecule has 0 saturated heterocycles. The number of nitrogens with zero attached hydrogens (tertiary/aromatic N) is 1. The van der Waals surface area contributed by atoms with Crippen molar-refractivity contribution in [3.63, 3.8) is 0 Å². The standard InChI is InChI=1S/C48H35NO2/c1-47(2)36-17-9-5-13-30(36)32-23-21-28(25-38(32)47)49(29-22-24-33-31-14-6-10-18-37(31)48(3,4)39(33)26-29)40-27-43-44(34-15-7-11-19-41(34)50-43)45-35-16-8-12-20-42(35)51-46(40)45/h5-27H,1-4H3. The van der Waals surface area contributed by atoms with Crippen LogP contribution in [0.1, 0.15) is 49.9 Å². The molecule has 3 heteroatoms. The lowest BCUT2D eigenvalue weighted by Gasteiger charge is -2.29. The van der Waals surface area contributed by atoms with E-state index in [1.165, 1.54) is 44.5 Å². The Labute approximate surface area is 296 Å². The number of fused-ring (bicyclic) bond motifs is 13. The van der Waals surface area contributed by atoms with Crippen molar-refractivity contribution in [1.82, 2.24) is 0 Å². The van der Waals surface area contributed by atoms with E-state index >= 15 is 0 Å². The normalized spacial score (nSPS) is 15.0. The van der Waals surface area contributed by atoms with Crippen molar-refractivity contribution in [1.29, 1.82) is 0 Å². The highest BCUT2D eigenvalue weighted by Crippen LogP contribution is 2.54. The SMILES string of the molecule is CC1(C)c2ccccc2-c2ccc(N(c3ccc4c(c3)C(C)(C)c3ccccc3-4)c3cc4oc5ccccc5c4c4c3oc3ccccc34)cc21. The van der Waals surface area contributed by atoms with E-state index in [-0.39, 0.29) is 10.8 Å². The molecule has 3 nitrogen and oxygen atoms in total. The molecule has 0 unspecified atom stereocenters. The first kappa shape index (κ1) is 28.7. The summed E-state index contributed by atoms with van der Waals surface area (Å²) in [5, 5.41) is 4.35. The minimum Gasteiger partial charge on any atom is -0.456 e. The maximum atomic E-state index is 6.92. The molecule has 244 valence electrons. The van der Waals surface area contributed by atoms with Gasteiger partial charge in [0.05, 0.1) is 5.69 Å². The molecule has 0 amide bonds. The predicted molar refractivity (Wildman–Crippen MR) is 211 cm³/mol. The fraction of sp³-hybridized carbons (Fsp3) is 0.125. The number of para-hydroxylation sites is 2. The van der Waals surface area contributed by atoms with Gasteiger partial charge in [-0.3, -0.25) is 0 Å². The van der Waals surface area contributed by atoms with Crippen molar-refractivity contribution in [2.24, 2.45) is 0 Å². The van der Waals surface area contributed by atoms with Crippen molar-refractivity contribution < 1.29 is 8.83 Å². The number of hydrogen-bond donors (Lipinski definition) is 0. The van der Waals surface area contributed by atoms with E-state index in [2.05, 4.69) is 160 Å². The van der Waals surface area contributed by atoms with Gasteiger partial charge in [-0.2, -0.15) is 0 Å². The van der Waals surface area contributed by atoms with Gasteiger partial charge in [-0.05, 0) is 80.9 Å². The highest BCUT2D eigenvalue weighted by Gasteiger charge is 2.38. The van der Waals surface area contributed by atoms with E-state index in [0.29, 0.717) is 0 Å². The molecule has 0 bridgehead atoms. The average Bonchev–Trinajstić information content (AvgIpc) is 3.85. The van der Waals surface area contributed by atoms with Crippen LogP contribution in [0.5, 0.6) is 0 Å². The van der Waals surface area contributed by atoms with Crippen molar-refractivity contribution in [3.05, 3.63) is 162 Å². The molecular weight excluding hydrogens is 623 g/mol. The Morgan fingerprint density at radius 2 is 0.882 bits per heavy atom. The summed E-state index contributed by atoms with van der Waals surface area (Å²) < 4.78 is 13.6. The lowest BCUT2D eigenvalue weighted by molar-refractivity contribution is 0.659. The minimum absolute atomic E-state index is 0.146. The van der Waals surface area contributed by atoms with E-state index in [1.54, 1.807) is 0 Å². The number of benzene rings is 7. The van der Waals surface area contributed by atoms with Crippen LogP contribution in [0.2, 0.25) is 0 Å². The molecule has 9 aromatic rings. The summed E-state index contributed by atoms with van der Waals surface area (Å²) in [7, 11) is 0. The molecule has 2 aliphatic carbocycles. The summed E-state index contributed by atoms with van der Waals surface area (Å²) in [6, 6.07) is 50.6. The Hall–Kier alpha value is -6.06. The van der Waals surface area contributed by atoms with Crippen LogP contribution in [0.15, 0.2) is 148 Å². The molecule has 0 N–H and O–H groups in total. The second-order valence-electron chi connectivity index (χ2n) is 15.3. The van der Waals surface area contributed by atoms with Gasteiger partial charge in [-0.1, -0.05) is 125 Å². The van der Waals surface area contributed by atoms with Gasteiger partial charge >= 0.3 is 0 Å². The van der Waals surface area contributed by atoms with Gasteiger partial charge in [0, 0.05) is 49.8 Å². The third kappa shape index (κ3) is 3.73. The summed E-state index contributed by atoms with van der Waals surface area (Å²) in [5.74, 6) is 0. The Morgan fingerprint density at radius 3 is 1.47 bits per heavy atom. The molecule has 0 saturated carbocycles. The molecule has 0 spiro atoms. The summed E-state index contributed by atoms with van der Waals surface area (Å²) in [6.45, 7) is 9.38. The van der Waals surface area contributed by atoms with Gasteiger partial charge in [0.25, 0.3) is 0 Å². The van der Waals surface area contributed by atoms with Crippen LogP contribution in [-0.4, -0.2) is 0 Å². The third-order valence-electron chi connectivity index (χ3n) is 11.9. The van der Waals surface area contributed by atoms with Crippen molar-refractivity contribution in [2.75, 3.05) is 4.90 Å². The van der Waals surface area contributed by atoms with Gasteiger partial charge in [-0.15, -0.1) is 0 Å². The van der Waals surface area contributed by atoms with E-state index in [9.17, 15) is 0 Å². The summed E-state index contributed by atoms with van der Waals surface area (Å²) in [5.41, 5.74) is 16.9. The van der Waals surface area contributed by atoms with Crippen LogP contribution >= 0.6 is 0 Å². The zero-order valence-electron chi connectivity index (χ0n) is 29.0. The first-order chi connectivity index (χ1) is 24.8. The highest BCUT2D eigenvalue weighted by molar-refractivity contribution is 6.28. The fourth-order valence-corrected chi connectivity index (χ4v) is 9.34. The van der Waals surface area contributed by atoms with Crippen LogP contribution in [0.25, 0.3) is 66.1 Å². The number of rotatable bonds is 3. The molecule has 0 aliphatic heterocycles. The molecule has 51 heavy (non-hydrogen) atoms. The molecule has 0 radical (unpaired) electrons. The Morgan fingerprint density at radius 1 is 0.412 bits per heavy atom. The lowest BCUT2D eigenvalue weighted by atomic mass is 9.82. The topological polar surface area (TPSA) is 29.5 Å². The highest BCUT2D eigenvalue weighted by atomic mass is 16.3. The minimum atomic E-state index is -0.146. The largest absolute Gasteiger partial charge is 0.456 e. The van der Waals surface area contributed by atoms with Gasteiger partial charge in [-0.25, -0.2) is 0 Å². The first-order valence-electron chi connectivity index (χ1n) is 17.9. The monoisotopic (exact) mass is 657 g/mol. The number of hydrogen-bond acceptors (Lipinski definition) is 3. The maximum Gasteiger partial charge on any atom is 0.160 e. The smallest absolute Gasteiger partial charge is 0.160 e.